The van der Waals surface area contributed by atoms with Crippen molar-refractivity contribution in [2.75, 3.05) is 5.73 Å². The van der Waals surface area contributed by atoms with Crippen LogP contribution < -0.4 is 5.73 Å². The topological polar surface area (TPSA) is 61.7 Å². The zero-order valence-electron chi connectivity index (χ0n) is 11.1. The van der Waals surface area contributed by atoms with Crippen molar-refractivity contribution in [3.63, 3.8) is 0 Å². The Kier molecular flexibility index (Phi) is 3.47. The summed E-state index contributed by atoms with van der Waals surface area (Å²) in [6.45, 7) is 9.17. The second-order valence-electron chi connectivity index (χ2n) is 4.40. The van der Waals surface area contributed by atoms with E-state index < -0.39 is 0 Å². The van der Waals surface area contributed by atoms with Gasteiger partial charge in [-0.2, -0.15) is 10.2 Å². The molecule has 0 radical (unpaired) electrons. The summed E-state index contributed by atoms with van der Waals surface area (Å²) in [7, 11) is 0. The van der Waals surface area contributed by atoms with Crippen molar-refractivity contribution in [2.24, 2.45) is 0 Å². The highest BCUT2D eigenvalue weighted by atomic mass is 79.9. The van der Waals surface area contributed by atoms with Crippen molar-refractivity contribution >= 4 is 21.7 Å². The molecule has 2 heterocycles. The molecular weight excluding hydrogens is 294 g/mol. The van der Waals surface area contributed by atoms with Crippen molar-refractivity contribution in [1.29, 1.82) is 0 Å². The molecule has 0 aliphatic carbocycles. The lowest BCUT2D eigenvalue weighted by Gasteiger charge is -2.15. The van der Waals surface area contributed by atoms with Crippen molar-refractivity contribution in [3.8, 4) is 0 Å². The van der Waals surface area contributed by atoms with Gasteiger partial charge in [-0.15, -0.1) is 0 Å². The van der Waals surface area contributed by atoms with Gasteiger partial charge in [0.25, 0.3) is 0 Å². The molecule has 0 spiro atoms. The van der Waals surface area contributed by atoms with Crippen LogP contribution in [0.1, 0.15) is 36.8 Å². The normalized spacial score (nSPS) is 12.9. The largest absolute Gasteiger partial charge is 0.383 e. The summed E-state index contributed by atoms with van der Waals surface area (Å²) in [6.07, 6.45) is 1.72. The summed E-state index contributed by atoms with van der Waals surface area (Å²) in [4.78, 5) is 0. The highest BCUT2D eigenvalue weighted by Gasteiger charge is 2.21. The minimum absolute atomic E-state index is 0.0802. The Balaban J connectivity index is 2.49. The van der Waals surface area contributed by atoms with Crippen LogP contribution in [-0.4, -0.2) is 19.6 Å². The molecule has 0 aliphatic rings. The van der Waals surface area contributed by atoms with E-state index in [4.69, 9.17) is 5.73 Å². The fraction of sp³-hybridized carbons (Fsp3) is 0.500. The third-order valence-electron chi connectivity index (χ3n) is 3.31. The molecule has 2 N–H and O–H groups in total. The zero-order chi connectivity index (χ0) is 13.4. The number of aromatic nitrogens is 4. The van der Waals surface area contributed by atoms with E-state index in [0.29, 0.717) is 5.82 Å². The summed E-state index contributed by atoms with van der Waals surface area (Å²) in [5.41, 5.74) is 9.41. The highest BCUT2D eigenvalue weighted by Crippen LogP contribution is 2.29. The van der Waals surface area contributed by atoms with E-state index in [0.717, 1.165) is 16.7 Å². The second kappa shape index (κ2) is 4.76. The van der Waals surface area contributed by atoms with Gasteiger partial charge < -0.3 is 5.73 Å². The van der Waals surface area contributed by atoms with Gasteiger partial charge in [-0.25, -0.2) is 4.68 Å². The fourth-order valence-electron chi connectivity index (χ4n) is 2.40. The van der Waals surface area contributed by atoms with E-state index in [9.17, 15) is 0 Å². The van der Waals surface area contributed by atoms with E-state index in [1.54, 1.807) is 6.20 Å². The summed E-state index contributed by atoms with van der Waals surface area (Å²) in [5, 5.41) is 8.85. The number of aryl methyl sites for hydroxylation is 2. The van der Waals surface area contributed by atoms with E-state index in [2.05, 4.69) is 46.9 Å². The number of hydrogen-bond acceptors (Lipinski definition) is 3. The zero-order valence-corrected chi connectivity index (χ0v) is 12.7. The van der Waals surface area contributed by atoms with Gasteiger partial charge in [0.2, 0.25) is 0 Å². The van der Waals surface area contributed by atoms with E-state index in [1.807, 2.05) is 16.3 Å². The van der Waals surface area contributed by atoms with Crippen LogP contribution in [0.5, 0.6) is 0 Å². The van der Waals surface area contributed by atoms with E-state index >= 15 is 0 Å². The molecule has 0 fully saturated rings. The predicted octanol–water partition coefficient (Wildman–Crippen LogP) is 2.67. The third kappa shape index (κ3) is 1.94. The Morgan fingerprint density at radius 1 is 1.44 bits per heavy atom. The van der Waals surface area contributed by atoms with Gasteiger partial charge in [0.15, 0.2) is 0 Å². The lowest BCUT2D eigenvalue weighted by Crippen LogP contribution is -2.13. The van der Waals surface area contributed by atoms with Crippen LogP contribution in [0, 0.1) is 13.8 Å². The molecule has 6 heteroatoms. The number of nitrogen functional groups attached to an aromatic ring is 1. The SMILES string of the molecule is CCn1nc(C)c(C(C)n2ncc(Br)c2N)c1C. The van der Waals surface area contributed by atoms with Crippen LogP contribution in [0.2, 0.25) is 0 Å². The Bertz CT molecular complexity index is 569. The van der Waals surface area contributed by atoms with Gasteiger partial charge in [0.1, 0.15) is 5.82 Å². The first-order chi connectivity index (χ1) is 8.47. The number of rotatable bonds is 3. The molecule has 2 rings (SSSR count). The van der Waals surface area contributed by atoms with Crippen molar-refractivity contribution in [3.05, 3.63) is 27.6 Å². The van der Waals surface area contributed by atoms with Gasteiger partial charge in [-0.1, -0.05) is 0 Å². The van der Waals surface area contributed by atoms with Gasteiger partial charge in [0, 0.05) is 17.8 Å². The second-order valence-corrected chi connectivity index (χ2v) is 5.25. The van der Waals surface area contributed by atoms with E-state index in [1.165, 1.54) is 11.3 Å². The molecule has 1 unspecified atom stereocenters. The van der Waals surface area contributed by atoms with Crippen LogP contribution in [0.4, 0.5) is 5.82 Å². The van der Waals surface area contributed by atoms with Crippen LogP contribution in [0.15, 0.2) is 10.7 Å². The summed E-state index contributed by atoms with van der Waals surface area (Å²) in [6, 6.07) is 0.0802. The van der Waals surface area contributed by atoms with Crippen molar-refractivity contribution in [2.45, 2.75) is 40.3 Å². The smallest absolute Gasteiger partial charge is 0.136 e. The maximum atomic E-state index is 6.01. The molecule has 2 aromatic rings. The van der Waals surface area contributed by atoms with Crippen LogP contribution in [0.25, 0.3) is 0 Å². The van der Waals surface area contributed by atoms with Gasteiger partial charge in [0.05, 0.1) is 22.4 Å². The molecule has 0 aromatic carbocycles. The minimum Gasteiger partial charge on any atom is -0.383 e. The average Bonchev–Trinajstić information content (AvgIpc) is 2.80. The summed E-state index contributed by atoms with van der Waals surface area (Å²) < 4.78 is 4.66. The molecule has 2 aromatic heterocycles. The quantitative estimate of drug-likeness (QED) is 0.948. The minimum atomic E-state index is 0.0802. The standard InChI is InChI=1S/C12H18BrN5/c1-5-17-8(3)11(7(2)16-17)9(4)18-12(14)10(13)6-15-18/h6,9H,5,14H2,1-4H3. The number of hydrogen-bond donors (Lipinski definition) is 1. The molecule has 0 aliphatic heterocycles. The molecule has 5 nitrogen and oxygen atoms in total. The number of halogens is 1. The fourth-order valence-corrected chi connectivity index (χ4v) is 2.68. The monoisotopic (exact) mass is 311 g/mol. The summed E-state index contributed by atoms with van der Waals surface area (Å²) in [5.74, 6) is 0.644. The molecule has 0 bridgehead atoms. The Labute approximate surface area is 115 Å². The highest BCUT2D eigenvalue weighted by molar-refractivity contribution is 9.10. The Morgan fingerprint density at radius 2 is 2.11 bits per heavy atom. The molecule has 18 heavy (non-hydrogen) atoms. The van der Waals surface area contributed by atoms with Crippen LogP contribution in [-0.2, 0) is 6.54 Å². The maximum Gasteiger partial charge on any atom is 0.136 e. The number of nitrogens with two attached hydrogens (primary N) is 1. The average molecular weight is 312 g/mol. The number of anilines is 1. The van der Waals surface area contributed by atoms with Crippen molar-refractivity contribution < 1.29 is 0 Å². The van der Waals surface area contributed by atoms with Gasteiger partial charge in [-0.3, -0.25) is 4.68 Å². The molecule has 1 atom stereocenters. The first-order valence-electron chi connectivity index (χ1n) is 5.99. The molecular formula is C12H18BrN5. The molecule has 98 valence electrons. The molecule has 0 amide bonds. The van der Waals surface area contributed by atoms with E-state index in [-0.39, 0.29) is 6.04 Å². The molecule has 0 saturated carbocycles. The summed E-state index contributed by atoms with van der Waals surface area (Å²) >= 11 is 3.38. The van der Waals surface area contributed by atoms with Crippen LogP contribution >= 0.6 is 15.9 Å². The Morgan fingerprint density at radius 3 is 2.56 bits per heavy atom. The predicted molar refractivity (Wildman–Crippen MR) is 75.5 cm³/mol. The lowest BCUT2D eigenvalue weighted by atomic mass is 10.1. The maximum absolute atomic E-state index is 6.01. The van der Waals surface area contributed by atoms with Gasteiger partial charge in [-0.05, 0) is 43.6 Å². The number of nitrogens with zero attached hydrogens (tertiary/aromatic N) is 4. The van der Waals surface area contributed by atoms with Crippen LogP contribution in [0.3, 0.4) is 0 Å². The first-order valence-corrected chi connectivity index (χ1v) is 6.79. The third-order valence-corrected chi connectivity index (χ3v) is 3.92. The molecule has 0 saturated heterocycles. The Hall–Kier alpha value is -1.30. The first kappa shape index (κ1) is 13.1. The van der Waals surface area contributed by atoms with Gasteiger partial charge >= 0.3 is 0 Å². The van der Waals surface area contributed by atoms with Crippen molar-refractivity contribution in [1.82, 2.24) is 19.6 Å². The lowest BCUT2D eigenvalue weighted by molar-refractivity contribution is 0.564.